The number of nitrogens with zero attached hydrogens (tertiary/aromatic N) is 1. The molecule has 0 fully saturated rings. The van der Waals surface area contributed by atoms with Crippen LogP contribution in [0.15, 0.2) is 67.0 Å². The molecule has 182 valence electrons. The van der Waals surface area contributed by atoms with E-state index in [9.17, 15) is 13.2 Å². The lowest BCUT2D eigenvalue weighted by Gasteiger charge is -2.12. The Morgan fingerprint density at radius 1 is 1.11 bits per heavy atom. The van der Waals surface area contributed by atoms with Crippen molar-refractivity contribution in [2.24, 2.45) is 0 Å². The number of halogens is 3. The van der Waals surface area contributed by atoms with Crippen molar-refractivity contribution >= 4 is 17.0 Å². The largest absolute Gasteiger partial charge is 0.496 e. The Morgan fingerprint density at radius 3 is 2.51 bits per heavy atom. The van der Waals surface area contributed by atoms with Gasteiger partial charge in [-0.1, -0.05) is 42.5 Å². The fraction of sp³-hybridized carbons (Fsp3) is 0.231. The Morgan fingerprint density at radius 2 is 1.83 bits per heavy atom. The van der Waals surface area contributed by atoms with E-state index in [0.29, 0.717) is 6.04 Å². The summed E-state index contributed by atoms with van der Waals surface area (Å²) in [7, 11) is 1.75. The van der Waals surface area contributed by atoms with Crippen molar-refractivity contribution in [1.82, 2.24) is 15.3 Å². The van der Waals surface area contributed by atoms with Gasteiger partial charge in [0, 0.05) is 12.6 Å². The molecule has 1 atom stereocenters. The molecule has 1 aliphatic carbocycles. The summed E-state index contributed by atoms with van der Waals surface area (Å²) in [4.78, 5) is 16.4. The first-order chi connectivity index (χ1) is 16.7. The zero-order chi connectivity index (χ0) is 25.0. The number of carbonyl (C=O) groups is 1. The fourth-order valence-corrected chi connectivity index (χ4v) is 4.14. The normalized spacial score (nSPS) is 14.8. The van der Waals surface area contributed by atoms with Crippen LogP contribution in [0.4, 0.5) is 13.2 Å². The van der Waals surface area contributed by atoms with E-state index in [-0.39, 0.29) is 0 Å². The number of aliphatic carboxylic acids is 1. The molecule has 1 unspecified atom stereocenters. The van der Waals surface area contributed by atoms with Crippen molar-refractivity contribution in [3.05, 3.63) is 83.7 Å². The van der Waals surface area contributed by atoms with Gasteiger partial charge in [0.1, 0.15) is 5.75 Å². The molecule has 3 N–H and O–H groups in total. The lowest BCUT2D eigenvalue weighted by molar-refractivity contribution is -0.192. The van der Waals surface area contributed by atoms with Crippen molar-refractivity contribution in [2.45, 2.75) is 31.6 Å². The predicted molar refractivity (Wildman–Crippen MR) is 126 cm³/mol. The van der Waals surface area contributed by atoms with Gasteiger partial charge in [-0.3, -0.25) is 0 Å². The highest BCUT2D eigenvalue weighted by molar-refractivity contribution is 5.81. The van der Waals surface area contributed by atoms with Crippen LogP contribution in [0.2, 0.25) is 0 Å². The van der Waals surface area contributed by atoms with Gasteiger partial charge in [0.2, 0.25) is 0 Å². The number of nitrogens with one attached hydrogen (secondary N) is 2. The quantitative estimate of drug-likeness (QED) is 0.366. The molecule has 3 aromatic carbocycles. The Kier molecular flexibility index (Phi) is 7.07. The average Bonchev–Trinajstić information content (AvgIpc) is 3.49. The summed E-state index contributed by atoms with van der Waals surface area (Å²) in [5.74, 6) is -1.74. The van der Waals surface area contributed by atoms with Crippen molar-refractivity contribution in [1.29, 1.82) is 0 Å². The van der Waals surface area contributed by atoms with E-state index in [2.05, 4.69) is 75.9 Å². The Labute approximate surface area is 199 Å². The van der Waals surface area contributed by atoms with Gasteiger partial charge in [-0.25, -0.2) is 9.78 Å². The highest BCUT2D eigenvalue weighted by Gasteiger charge is 2.38. The monoisotopic (exact) mass is 483 g/mol. The average molecular weight is 483 g/mol. The molecule has 0 radical (unpaired) electrons. The maximum atomic E-state index is 10.6. The molecule has 0 spiro atoms. The number of H-pyrrole nitrogens is 1. The van der Waals surface area contributed by atoms with E-state index in [1.165, 1.54) is 27.8 Å². The molecule has 4 aromatic rings. The Bertz CT molecular complexity index is 1320. The molecule has 0 saturated carbocycles. The SMILES string of the molecule is COc1cccc2c1CC(NCc1ccc(-c3ccc4[nH]cnc4c3)cc1)C2.O=C(O)C(F)(F)F. The van der Waals surface area contributed by atoms with Gasteiger partial charge in [-0.15, -0.1) is 0 Å². The Balaban J connectivity index is 0.000000364. The first kappa shape index (κ1) is 24.3. The summed E-state index contributed by atoms with van der Waals surface area (Å²) in [6.45, 7) is 0.875. The number of hydrogen-bond acceptors (Lipinski definition) is 4. The third kappa shape index (κ3) is 5.81. The highest BCUT2D eigenvalue weighted by Crippen LogP contribution is 2.30. The third-order valence-electron chi connectivity index (χ3n) is 5.91. The summed E-state index contributed by atoms with van der Waals surface area (Å²) >= 11 is 0. The maximum absolute atomic E-state index is 10.6. The van der Waals surface area contributed by atoms with Gasteiger partial charge in [0.05, 0.1) is 24.5 Å². The second-order valence-corrected chi connectivity index (χ2v) is 8.22. The molecule has 0 amide bonds. The number of aromatic amines is 1. The van der Waals surface area contributed by atoms with Crippen LogP contribution in [-0.4, -0.2) is 40.4 Å². The van der Waals surface area contributed by atoms with E-state index < -0.39 is 12.1 Å². The molecule has 1 aromatic heterocycles. The van der Waals surface area contributed by atoms with Crippen LogP contribution in [-0.2, 0) is 24.2 Å². The second kappa shape index (κ2) is 10.2. The number of carboxylic acids is 1. The molecular weight excluding hydrogens is 459 g/mol. The number of rotatable bonds is 5. The van der Waals surface area contributed by atoms with Crippen LogP contribution in [0.25, 0.3) is 22.2 Å². The van der Waals surface area contributed by atoms with Crippen LogP contribution in [0.5, 0.6) is 5.75 Å². The highest BCUT2D eigenvalue weighted by atomic mass is 19.4. The van der Waals surface area contributed by atoms with E-state index >= 15 is 0 Å². The molecule has 0 bridgehead atoms. The topological polar surface area (TPSA) is 87.2 Å². The zero-order valence-electron chi connectivity index (χ0n) is 18.9. The minimum absolute atomic E-state index is 0.466. The molecule has 0 saturated heterocycles. The van der Waals surface area contributed by atoms with Gasteiger partial charge in [-0.2, -0.15) is 13.2 Å². The van der Waals surface area contributed by atoms with Crippen LogP contribution in [0.1, 0.15) is 16.7 Å². The summed E-state index contributed by atoms with van der Waals surface area (Å²) in [5, 5.41) is 10.8. The number of fused-ring (bicyclic) bond motifs is 2. The van der Waals surface area contributed by atoms with E-state index in [1.807, 2.05) is 0 Å². The number of imidazole rings is 1. The lowest BCUT2D eigenvalue weighted by atomic mass is 10.0. The van der Waals surface area contributed by atoms with Gasteiger partial charge >= 0.3 is 12.1 Å². The van der Waals surface area contributed by atoms with Crippen molar-refractivity contribution < 1.29 is 27.8 Å². The number of methoxy groups -OCH3 is 1. The van der Waals surface area contributed by atoms with Crippen LogP contribution in [0, 0.1) is 0 Å². The molecule has 35 heavy (non-hydrogen) atoms. The number of carboxylic acid groups (broad SMARTS) is 1. The van der Waals surface area contributed by atoms with Crippen molar-refractivity contribution in [3.63, 3.8) is 0 Å². The van der Waals surface area contributed by atoms with E-state index in [1.54, 1.807) is 13.4 Å². The van der Waals surface area contributed by atoms with Crippen molar-refractivity contribution in [3.8, 4) is 16.9 Å². The number of ether oxygens (including phenoxy) is 1. The number of alkyl halides is 3. The minimum atomic E-state index is -5.08. The van der Waals surface area contributed by atoms with Crippen molar-refractivity contribution in [2.75, 3.05) is 7.11 Å². The summed E-state index contributed by atoms with van der Waals surface area (Å²) in [5.41, 5.74) is 8.53. The number of benzene rings is 3. The standard InChI is InChI=1S/C24H23N3O.C2HF3O2/c1-28-24-4-2-3-19-11-20(13-21(19)24)25-14-16-5-7-17(8-6-16)18-9-10-22-23(12-18)27-15-26-22;3-2(4,5)1(6)7/h2-10,12,15,20,25H,11,13-14H2,1H3,(H,26,27);(H,6,7). The van der Waals surface area contributed by atoms with Gasteiger partial charge in [-0.05, 0) is 58.9 Å². The summed E-state index contributed by atoms with van der Waals surface area (Å²) in [6.07, 6.45) is -1.25. The smallest absolute Gasteiger partial charge is 0.490 e. The predicted octanol–water partition coefficient (Wildman–Crippen LogP) is 5.13. The molecule has 9 heteroatoms. The second-order valence-electron chi connectivity index (χ2n) is 8.22. The molecule has 1 heterocycles. The first-order valence-electron chi connectivity index (χ1n) is 11.0. The fourth-order valence-electron chi connectivity index (χ4n) is 4.14. The van der Waals surface area contributed by atoms with Gasteiger partial charge in [0.25, 0.3) is 0 Å². The first-order valence-corrected chi connectivity index (χ1v) is 11.0. The van der Waals surface area contributed by atoms with Crippen LogP contribution < -0.4 is 10.1 Å². The Hall–Kier alpha value is -3.85. The summed E-state index contributed by atoms with van der Waals surface area (Å²) < 4.78 is 37.2. The van der Waals surface area contributed by atoms with Gasteiger partial charge in [0.15, 0.2) is 0 Å². The lowest BCUT2D eigenvalue weighted by Crippen LogP contribution is -2.28. The van der Waals surface area contributed by atoms with E-state index in [4.69, 9.17) is 14.6 Å². The molecule has 1 aliphatic rings. The van der Waals surface area contributed by atoms with Crippen LogP contribution >= 0.6 is 0 Å². The third-order valence-corrected chi connectivity index (χ3v) is 5.91. The molecule has 5 rings (SSSR count). The molecular formula is C26H24F3N3O3. The van der Waals surface area contributed by atoms with Gasteiger partial charge < -0.3 is 20.1 Å². The molecule has 0 aliphatic heterocycles. The maximum Gasteiger partial charge on any atom is 0.490 e. The molecule has 6 nitrogen and oxygen atoms in total. The number of hydrogen-bond donors (Lipinski definition) is 3. The van der Waals surface area contributed by atoms with E-state index in [0.717, 1.165) is 36.2 Å². The zero-order valence-corrected chi connectivity index (χ0v) is 18.9. The minimum Gasteiger partial charge on any atom is -0.496 e. The number of aromatic nitrogens is 2. The van der Waals surface area contributed by atoms with Crippen LogP contribution in [0.3, 0.4) is 0 Å². The summed E-state index contributed by atoms with van der Waals surface area (Å²) in [6, 6.07) is 22.0.